The third-order valence-corrected chi connectivity index (χ3v) is 2.82. The number of rotatable bonds is 2. The zero-order valence-electron chi connectivity index (χ0n) is 10.0. The Bertz CT molecular complexity index is 451. The van der Waals surface area contributed by atoms with E-state index in [-0.39, 0.29) is 6.10 Å². The molecule has 2 heterocycles. The van der Waals surface area contributed by atoms with E-state index in [1.54, 1.807) is 0 Å². The molecule has 1 atom stereocenters. The van der Waals surface area contributed by atoms with Gasteiger partial charge in [-0.1, -0.05) is 19.0 Å². The van der Waals surface area contributed by atoms with E-state index < -0.39 is 11.7 Å². The largest absolute Gasteiger partial charge is 0.417 e. The summed E-state index contributed by atoms with van der Waals surface area (Å²) in [5.74, 6) is 0.306. The first-order valence-electron chi connectivity index (χ1n) is 5.64. The van der Waals surface area contributed by atoms with Gasteiger partial charge in [0.2, 0.25) is 0 Å². The highest BCUT2D eigenvalue weighted by atomic mass is 19.4. The van der Waals surface area contributed by atoms with Gasteiger partial charge < -0.3 is 4.84 Å². The third kappa shape index (κ3) is 2.63. The van der Waals surface area contributed by atoms with E-state index in [1.165, 1.54) is 6.07 Å². The van der Waals surface area contributed by atoms with Gasteiger partial charge in [0.15, 0.2) is 0 Å². The first kappa shape index (κ1) is 12.9. The smallest absolute Gasteiger partial charge is 0.392 e. The molecule has 0 N–H and O–H groups in total. The molecule has 0 spiro atoms. The fourth-order valence-corrected chi connectivity index (χ4v) is 1.64. The second-order valence-electron chi connectivity index (χ2n) is 4.56. The molecule has 0 radical (unpaired) electrons. The van der Waals surface area contributed by atoms with Crippen LogP contribution < -0.4 is 0 Å². The van der Waals surface area contributed by atoms with E-state index in [9.17, 15) is 13.2 Å². The lowest BCUT2D eigenvalue weighted by Crippen LogP contribution is -2.16. The molecular weight excluding hydrogens is 245 g/mol. The molecule has 0 saturated heterocycles. The summed E-state index contributed by atoms with van der Waals surface area (Å²) in [6.45, 7) is 4.01. The van der Waals surface area contributed by atoms with Gasteiger partial charge in [-0.25, -0.2) is 0 Å². The normalized spacial score (nSPS) is 19.9. The van der Waals surface area contributed by atoms with Crippen molar-refractivity contribution in [2.45, 2.75) is 32.5 Å². The van der Waals surface area contributed by atoms with Crippen molar-refractivity contribution >= 4 is 5.71 Å². The van der Waals surface area contributed by atoms with Crippen LogP contribution in [0.25, 0.3) is 0 Å². The van der Waals surface area contributed by atoms with Crippen molar-refractivity contribution in [3.8, 4) is 0 Å². The van der Waals surface area contributed by atoms with Crippen LogP contribution in [-0.2, 0) is 11.0 Å². The van der Waals surface area contributed by atoms with Gasteiger partial charge in [0.05, 0.1) is 11.3 Å². The number of hydrogen-bond acceptors (Lipinski definition) is 3. The third-order valence-electron chi connectivity index (χ3n) is 2.82. The molecule has 2 rings (SSSR count). The lowest BCUT2D eigenvalue weighted by atomic mass is 10.0. The number of nitrogens with zero attached hydrogens (tertiary/aromatic N) is 2. The standard InChI is InChI=1S/C12H13F3N2O/c1-7(2)11-5-10(17-18-11)9-4-3-8(6-16-9)12(13,14)15/h3-4,6-7,11H,5H2,1-2H3. The van der Waals surface area contributed by atoms with Gasteiger partial charge in [-0.15, -0.1) is 0 Å². The average molecular weight is 258 g/mol. The Kier molecular flexibility index (Phi) is 3.28. The second-order valence-corrected chi connectivity index (χ2v) is 4.56. The molecule has 6 heteroatoms. The van der Waals surface area contributed by atoms with Gasteiger partial charge in [-0.2, -0.15) is 13.2 Å². The van der Waals surface area contributed by atoms with Crippen LogP contribution in [0.3, 0.4) is 0 Å². The summed E-state index contributed by atoms with van der Waals surface area (Å²) in [5, 5.41) is 3.87. The predicted octanol–water partition coefficient (Wildman–Crippen LogP) is 3.25. The molecular formula is C12H13F3N2O. The van der Waals surface area contributed by atoms with Crippen molar-refractivity contribution in [2.24, 2.45) is 11.1 Å². The number of oxime groups is 1. The van der Waals surface area contributed by atoms with E-state index in [0.29, 0.717) is 23.7 Å². The van der Waals surface area contributed by atoms with Crippen LogP contribution in [0.15, 0.2) is 23.5 Å². The lowest BCUT2D eigenvalue weighted by molar-refractivity contribution is -0.137. The molecule has 0 aliphatic carbocycles. The van der Waals surface area contributed by atoms with Crippen LogP contribution in [0.2, 0.25) is 0 Å². The summed E-state index contributed by atoms with van der Waals surface area (Å²) in [6, 6.07) is 2.33. The zero-order chi connectivity index (χ0) is 13.3. The van der Waals surface area contributed by atoms with Crippen LogP contribution in [-0.4, -0.2) is 16.8 Å². The molecule has 0 bridgehead atoms. The van der Waals surface area contributed by atoms with Gasteiger partial charge in [0.1, 0.15) is 11.8 Å². The van der Waals surface area contributed by atoms with E-state index in [0.717, 1.165) is 12.3 Å². The molecule has 0 fully saturated rings. The Labute approximate surface area is 103 Å². The van der Waals surface area contributed by atoms with Crippen molar-refractivity contribution in [2.75, 3.05) is 0 Å². The first-order chi connectivity index (χ1) is 8.38. The minimum Gasteiger partial charge on any atom is -0.392 e. The van der Waals surface area contributed by atoms with Gasteiger partial charge in [-0.3, -0.25) is 4.98 Å². The topological polar surface area (TPSA) is 34.5 Å². The Morgan fingerprint density at radius 1 is 1.33 bits per heavy atom. The minimum atomic E-state index is -4.36. The molecule has 1 aliphatic rings. The predicted molar refractivity (Wildman–Crippen MR) is 60.1 cm³/mol. The molecule has 1 aromatic heterocycles. The molecule has 1 unspecified atom stereocenters. The minimum absolute atomic E-state index is 0.0240. The number of halogens is 3. The van der Waals surface area contributed by atoms with Gasteiger partial charge in [0, 0.05) is 12.6 Å². The fourth-order valence-electron chi connectivity index (χ4n) is 1.64. The molecule has 3 nitrogen and oxygen atoms in total. The maximum absolute atomic E-state index is 12.4. The summed E-state index contributed by atoms with van der Waals surface area (Å²) < 4.78 is 37.1. The maximum Gasteiger partial charge on any atom is 0.417 e. The highest BCUT2D eigenvalue weighted by Gasteiger charge is 2.31. The summed E-state index contributed by atoms with van der Waals surface area (Å²) in [4.78, 5) is 8.99. The van der Waals surface area contributed by atoms with Crippen LogP contribution in [0.5, 0.6) is 0 Å². The SMILES string of the molecule is CC(C)C1CC(c2ccc(C(F)(F)F)cn2)=NO1. The maximum atomic E-state index is 12.4. The molecule has 0 saturated carbocycles. The number of aromatic nitrogens is 1. The molecule has 0 amide bonds. The van der Waals surface area contributed by atoms with E-state index >= 15 is 0 Å². The lowest BCUT2D eigenvalue weighted by Gasteiger charge is -2.10. The summed E-state index contributed by atoms with van der Waals surface area (Å²) >= 11 is 0. The van der Waals surface area contributed by atoms with Crippen molar-refractivity contribution in [1.29, 1.82) is 0 Å². The number of alkyl halides is 3. The molecule has 18 heavy (non-hydrogen) atoms. The van der Waals surface area contributed by atoms with Crippen LogP contribution in [0.4, 0.5) is 13.2 Å². The van der Waals surface area contributed by atoms with E-state index in [2.05, 4.69) is 10.1 Å². The average Bonchev–Trinajstić information content (AvgIpc) is 2.77. The van der Waals surface area contributed by atoms with Gasteiger partial charge >= 0.3 is 6.18 Å². The van der Waals surface area contributed by atoms with Crippen molar-refractivity contribution in [1.82, 2.24) is 4.98 Å². The van der Waals surface area contributed by atoms with Crippen molar-refractivity contribution < 1.29 is 18.0 Å². The Morgan fingerprint density at radius 2 is 2.06 bits per heavy atom. The second kappa shape index (κ2) is 4.59. The van der Waals surface area contributed by atoms with Crippen molar-refractivity contribution in [3.63, 3.8) is 0 Å². The zero-order valence-corrected chi connectivity index (χ0v) is 10.0. The molecule has 0 aromatic carbocycles. The van der Waals surface area contributed by atoms with Gasteiger partial charge in [-0.05, 0) is 18.1 Å². The number of hydrogen-bond donors (Lipinski definition) is 0. The summed E-state index contributed by atoms with van der Waals surface area (Å²) in [6.07, 6.45) is -2.99. The van der Waals surface area contributed by atoms with Crippen LogP contribution in [0.1, 0.15) is 31.5 Å². The Balaban J connectivity index is 2.12. The van der Waals surface area contributed by atoms with E-state index in [4.69, 9.17) is 4.84 Å². The summed E-state index contributed by atoms with van der Waals surface area (Å²) in [5.41, 5.74) is 0.278. The van der Waals surface area contributed by atoms with Crippen LogP contribution in [0, 0.1) is 5.92 Å². The number of pyridine rings is 1. The molecule has 1 aromatic rings. The Morgan fingerprint density at radius 3 is 2.50 bits per heavy atom. The molecule has 98 valence electrons. The summed E-state index contributed by atoms with van der Waals surface area (Å²) in [7, 11) is 0. The van der Waals surface area contributed by atoms with Crippen LogP contribution >= 0.6 is 0 Å². The monoisotopic (exact) mass is 258 g/mol. The quantitative estimate of drug-likeness (QED) is 0.816. The van der Waals surface area contributed by atoms with Gasteiger partial charge in [0.25, 0.3) is 0 Å². The highest BCUT2D eigenvalue weighted by molar-refractivity contribution is 5.99. The van der Waals surface area contributed by atoms with Crippen molar-refractivity contribution in [3.05, 3.63) is 29.6 Å². The fraction of sp³-hybridized carbons (Fsp3) is 0.500. The first-order valence-corrected chi connectivity index (χ1v) is 5.64. The van der Waals surface area contributed by atoms with E-state index in [1.807, 2.05) is 13.8 Å². The highest BCUT2D eigenvalue weighted by Crippen LogP contribution is 2.29. The Hall–Kier alpha value is -1.59. The molecule has 1 aliphatic heterocycles.